The number of methoxy groups -OCH3 is 1. The molecule has 0 aromatic heterocycles. The summed E-state index contributed by atoms with van der Waals surface area (Å²) in [6, 6.07) is 0.162. The Kier molecular flexibility index (Phi) is 4.80. The number of ether oxygens (including phenoxy) is 1. The second kappa shape index (κ2) is 5.65. The molecule has 1 N–H and O–H groups in total. The Morgan fingerprint density at radius 1 is 1.29 bits per heavy atom. The summed E-state index contributed by atoms with van der Waals surface area (Å²) in [5.74, 6) is 0.524. The number of sulfone groups is 1. The Morgan fingerprint density at radius 3 is 2.50 bits per heavy atom. The highest BCUT2D eigenvalue weighted by atomic mass is 32.2. The number of rotatable bonds is 5. The fourth-order valence-corrected chi connectivity index (χ4v) is 2.80. The maximum Gasteiger partial charge on any atom is 0.150 e. The molecule has 0 aromatic carbocycles. The summed E-state index contributed by atoms with van der Waals surface area (Å²) in [6.07, 6.45) is 1.27. The second-order valence-corrected chi connectivity index (χ2v) is 5.69. The SMILES string of the molecule is COCCONC1CCS(=O)(=O)CC1. The van der Waals surface area contributed by atoms with Crippen molar-refractivity contribution in [1.29, 1.82) is 0 Å². The third kappa shape index (κ3) is 4.36. The molecule has 0 bridgehead atoms. The molecule has 0 spiro atoms. The summed E-state index contributed by atoms with van der Waals surface area (Å²) < 4.78 is 27.0. The molecule has 1 rings (SSSR count). The first-order valence-electron chi connectivity index (χ1n) is 4.71. The van der Waals surface area contributed by atoms with Crippen LogP contribution in [-0.4, -0.2) is 46.3 Å². The van der Waals surface area contributed by atoms with Crippen molar-refractivity contribution in [2.75, 3.05) is 31.8 Å². The monoisotopic (exact) mass is 223 g/mol. The number of hydrogen-bond donors (Lipinski definition) is 1. The zero-order chi connectivity index (χ0) is 10.4. The van der Waals surface area contributed by atoms with E-state index in [1.807, 2.05) is 0 Å². The molecule has 0 aliphatic carbocycles. The van der Waals surface area contributed by atoms with Crippen LogP contribution in [0, 0.1) is 0 Å². The molecule has 14 heavy (non-hydrogen) atoms. The van der Waals surface area contributed by atoms with Gasteiger partial charge in [-0.05, 0) is 12.8 Å². The van der Waals surface area contributed by atoms with E-state index in [0.29, 0.717) is 26.1 Å². The predicted octanol–water partition coefficient (Wildman–Crippen LogP) is -0.269. The van der Waals surface area contributed by atoms with Crippen molar-refractivity contribution < 1.29 is 18.0 Å². The third-order valence-electron chi connectivity index (χ3n) is 2.19. The van der Waals surface area contributed by atoms with Gasteiger partial charge in [-0.25, -0.2) is 8.42 Å². The molecule has 0 aromatic rings. The van der Waals surface area contributed by atoms with E-state index < -0.39 is 9.84 Å². The van der Waals surface area contributed by atoms with Crippen LogP contribution in [0.3, 0.4) is 0 Å². The van der Waals surface area contributed by atoms with E-state index in [-0.39, 0.29) is 17.5 Å². The molecule has 0 unspecified atom stereocenters. The molecule has 0 amide bonds. The molecule has 0 radical (unpaired) electrons. The van der Waals surface area contributed by atoms with Crippen molar-refractivity contribution in [3.63, 3.8) is 0 Å². The van der Waals surface area contributed by atoms with Crippen molar-refractivity contribution in [2.24, 2.45) is 0 Å². The normalized spacial score (nSPS) is 22.4. The minimum atomic E-state index is -2.77. The van der Waals surface area contributed by atoms with Crippen LogP contribution < -0.4 is 5.48 Å². The first-order chi connectivity index (χ1) is 6.64. The van der Waals surface area contributed by atoms with Crippen LogP contribution in [0.5, 0.6) is 0 Å². The van der Waals surface area contributed by atoms with Gasteiger partial charge in [0.25, 0.3) is 0 Å². The van der Waals surface area contributed by atoms with Crippen LogP contribution in [0.1, 0.15) is 12.8 Å². The topological polar surface area (TPSA) is 64.6 Å². The summed E-state index contributed by atoms with van der Waals surface area (Å²) in [5.41, 5.74) is 2.85. The smallest absolute Gasteiger partial charge is 0.150 e. The van der Waals surface area contributed by atoms with Crippen LogP contribution in [-0.2, 0) is 19.4 Å². The first kappa shape index (κ1) is 11.9. The molecular weight excluding hydrogens is 206 g/mol. The van der Waals surface area contributed by atoms with Gasteiger partial charge in [0, 0.05) is 13.2 Å². The average molecular weight is 223 g/mol. The second-order valence-electron chi connectivity index (χ2n) is 3.39. The molecule has 0 saturated carbocycles. The predicted molar refractivity (Wildman–Crippen MR) is 52.6 cm³/mol. The van der Waals surface area contributed by atoms with E-state index in [0.717, 1.165) is 0 Å². The fraction of sp³-hybridized carbons (Fsp3) is 1.00. The van der Waals surface area contributed by atoms with Crippen molar-refractivity contribution >= 4 is 9.84 Å². The van der Waals surface area contributed by atoms with Crippen LogP contribution >= 0.6 is 0 Å². The Bertz CT molecular complexity index is 238. The van der Waals surface area contributed by atoms with Crippen LogP contribution in [0.2, 0.25) is 0 Å². The highest BCUT2D eigenvalue weighted by molar-refractivity contribution is 7.91. The Labute approximate surface area is 84.6 Å². The van der Waals surface area contributed by atoms with Crippen LogP contribution in [0.25, 0.3) is 0 Å². The Morgan fingerprint density at radius 2 is 1.93 bits per heavy atom. The first-order valence-corrected chi connectivity index (χ1v) is 6.53. The lowest BCUT2D eigenvalue weighted by molar-refractivity contribution is -0.0134. The molecule has 84 valence electrons. The molecule has 1 saturated heterocycles. The zero-order valence-corrected chi connectivity index (χ0v) is 9.18. The maximum absolute atomic E-state index is 11.1. The quantitative estimate of drug-likeness (QED) is 0.513. The van der Waals surface area contributed by atoms with Crippen molar-refractivity contribution in [2.45, 2.75) is 18.9 Å². The molecular formula is C8H17NO4S. The molecule has 1 aliphatic heterocycles. The average Bonchev–Trinajstić information content (AvgIpc) is 2.15. The van der Waals surface area contributed by atoms with Gasteiger partial charge in [-0.1, -0.05) is 0 Å². The number of nitrogens with one attached hydrogen (secondary N) is 1. The lowest BCUT2D eigenvalue weighted by atomic mass is 10.2. The van der Waals surface area contributed by atoms with E-state index >= 15 is 0 Å². The molecule has 6 heteroatoms. The van der Waals surface area contributed by atoms with Gasteiger partial charge >= 0.3 is 0 Å². The highest BCUT2D eigenvalue weighted by Gasteiger charge is 2.23. The van der Waals surface area contributed by atoms with Gasteiger partial charge in [-0.2, -0.15) is 5.48 Å². The summed E-state index contributed by atoms with van der Waals surface area (Å²) >= 11 is 0. The van der Waals surface area contributed by atoms with Crippen molar-refractivity contribution in [3.8, 4) is 0 Å². The van der Waals surface area contributed by atoms with Gasteiger partial charge in [0.15, 0.2) is 0 Å². The van der Waals surface area contributed by atoms with E-state index in [2.05, 4.69) is 5.48 Å². The molecule has 1 aliphatic rings. The lowest BCUT2D eigenvalue weighted by Crippen LogP contribution is -2.38. The minimum absolute atomic E-state index is 0.162. The van der Waals surface area contributed by atoms with Gasteiger partial charge in [0.1, 0.15) is 9.84 Å². The fourth-order valence-electron chi connectivity index (χ4n) is 1.31. The van der Waals surface area contributed by atoms with E-state index in [1.165, 1.54) is 0 Å². The molecule has 0 atom stereocenters. The number of hydrogen-bond acceptors (Lipinski definition) is 5. The molecule has 1 fully saturated rings. The summed E-state index contributed by atoms with van der Waals surface area (Å²) in [6.45, 7) is 1.03. The summed E-state index contributed by atoms with van der Waals surface area (Å²) in [7, 11) is -1.16. The Balaban J connectivity index is 2.10. The van der Waals surface area contributed by atoms with Crippen LogP contribution in [0.15, 0.2) is 0 Å². The van der Waals surface area contributed by atoms with Gasteiger partial charge < -0.3 is 4.74 Å². The largest absolute Gasteiger partial charge is 0.382 e. The van der Waals surface area contributed by atoms with Gasteiger partial charge in [-0.3, -0.25) is 4.84 Å². The summed E-state index contributed by atoms with van der Waals surface area (Å²) in [4.78, 5) is 5.11. The molecule has 1 heterocycles. The van der Waals surface area contributed by atoms with Crippen LogP contribution in [0.4, 0.5) is 0 Å². The summed E-state index contributed by atoms with van der Waals surface area (Å²) in [5, 5.41) is 0. The lowest BCUT2D eigenvalue weighted by Gasteiger charge is -2.22. The van der Waals surface area contributed by atoms with E-state index in [4.69, 9.17) is 9.57 Å². The van der Waals surface area contributed by atoms with E-state index in [9.17, 15) is 8.42 Å². The van der Waals surface area contributed by atoms with E-state index in [1.54, 1.807) is 7.11 Å². The minimum Gasteiger partial charge on any atom is -0.382 e. The third-order valence-corrected chi connectivity index (χ3v) is 3.91. The van der Waals surface area contributed by atoms with Gasteiger partial charge in [-0.15, -0.1) is 0 Å². The molecule has 5 nitrogen and oxygen atoms in total. The van der Waals surface area contributed by atoms with Gasteiger partial charge in [0.2, 0.25) is 0 Å². The van der Waals surface area contributed by atoms with Gasteiger partial charge in [0.05, 0.1) is 24.7 Å². The Hall–Kier alpha value is -0.170. The number of hydroxylamine groups is 1. The van der Waals surface area contributed by atoms with Crippen molar-refractivity contribution in [1.82, 2.24) is 5.48 Å². The zero-order valence-electron chi connectivity index (χ0n) is 8.36. The maximum atomic E-state index is 11.1. The highest BCUT2D eigenvalue weighted by Crippen LogP contribution is 2.11. The standard InChI is InChI=1S/C8H17NO4S/c1-12-4-5-13-9-8-2-6-14(10,11)7-3-8/h8-9H,2-7H2,1H3. The van der Waals surface area contributed by atoms with Crippen molar-refractivity contribution in [3.05, 3.63) is 0 Å².